The lowest BCUT2D eigenvalue weighted by Crippen LogP contribution is -2.14. The second-order valence-corrected chi connectivity index (χ2v) is 4.23. The third kappa shape index (κ3) is 4.28. The van der Waals surface area contributed by atoms with Gasteiger partial charge in [-0.2, -0.15) is 0 Å². The van der Waals surface area contributed by atoms with Crippen molar-refractivity contribution >= 4 is 45.4 Å². The number of ketones is 1. The Bertz CT molecular complexity index is 474. The van der Waals surface area contributed by atoms with E-state index in [2.05, 4.69) is 25.7 Å². The third-order valence-corrected chi connectivity index (χ3v) is 2.47. The smallest absolute Gasteiger partial charge is 0.379 e. The molecule has 0 saturated carbocycles. The first-order valence-electron chi connectivity index (χ1n) is 4.74. The first-order chi connectivity index (χ1) is 8.04. The molecule has 6 heteroatoms. The van der Waals surface area contributed by atoms with E-state index in [1.54, 1.807) is 13.0 Å². The fraction of sp³-hybridized carbons (Fsp3) is 0.182. The fourth-order valence-corrected chi connectivity index (χ4v) is 1.51. The molecule has 1 rings (SSSR count). The molecule has 90 valence electrons. The van der Waals surface area contributed by atoms with E-state index in [4.69, 9.17) is 11.6 Å². The van der Waals surface area contributed by atoms with Gasteiger partial charge in [0.2, 0.25) is 0 Å². The lowest BCUT2D eigenvalue weighted by atomic mass is 10.2. The van der Waals surface area contributed by atoms with Gasteiger partial charge in [0.15, 0.2) is 0 Å². The largest absolute Gasteiger partial charge is 0.460 e. The van der Waals surface area contributed by atoms with Crippen LogP contribution in [0.4, 0.5) is 0 Å². The number of aromatic nitrogens is 1. The van der Waals surface area contributed by atoms with Crippen LogP contribution in [0.15, 0.2) is 22.8 Å². The van der Waals surface area contributed by atoms with Gasteiger partial charge in [-0.3, -0.25) is 4.79 Å². The van der Waals surface area contributed by atoms with E-state index < -0.39 is 11.8 Å². The van der Waals surface area contributed by atoms with Gasteiger partial charge in [-0.25, -0.2) is 9.78 Å². The van der Waals surface area contributed by atoms with Crippen molar-refractivity contribution in [2.24, 2.45) is 0 Å². The highest BCUT2D eigenvalue weighted by Crippen LogP contribution is 2.19. The summed E-state index contributed by atoms with van der Waals surface area (Å²) in [7, 11) is 0. The van der Waals surface area contributed by atoms with Crippen LogP contribution in [0.5, 0.6) is 0 Å². The highest BCUT2D eigenvalue weighted by Gasteiger charge is 2.10. The number of carbonyl (C=O) groups is 2. The Balaban J connectivity index is 2.80. The molecule has 0 atom stereocenters. The number of esters is 1. The number of ether oxygens (including phenoxy) is 1. The second kappa shape index (κ2) is 6.51. The van der Waals surface area contributed by atoms with Gasteiger partial charge in [0.25, 0.3) is 5.78 Å². The van der Waals surface area contributed by atoms with E-state index in [1.165, 1.54) is 12.3 Å². The monoisotopic (exact) mass is 317 g/mol. The minimum Gasteiger partial charge on any atom is -0.460 e. The van der Waals surface area contributed by atoms with E-state index in [0.29, 0.717) is 5.56 Å². The molecular weight excluding hydrogens is 309 g/mol. The maximum atomic E-state index is 11.3. The highest BCUT2D eigenvalue weighted by atomic mass is 79.9. The molecule has 0 amide bonds. The van der Waals surface area contributed by atoms with E-state index >= 15 is 0 Å². The number of rotatable bonds is 4. The number of pyridine rings is 1. The van der Waals surface area contributed by atoms with Gasteiger partial charge in [-0.15, -0.1) is 0 Å². The third-order valence-electron chi connectivity index (χ3n) is 1.72. The predicted molar refractivity (Wildman–Crippen MR) is 67.6 cm³/mol. The molecule has 0 aliphatic carbocycles. The van der Waals surface area contributed by atoms with Crippen LogP contribution in [0.25, 0.3) is 6.08 Å². The van der Waals surface area contributed by atoms with Crippen LogP contribution in [0.1, 0.15) is 12.5 Å². The molecule has 0 unspecified atom stereocenters. The lowest BCUT2D eigenvalue weighted by molar-refractivity contribution is -0.151. The first kappa shape index (κ1) is 13.9. The topological polar surface area (TPSA) is 56.3 Å². The van der Waals surface area contributed by atoms with Crippen molar-refractivity contribution < 1.29 is 14.3 Å². The highest BCUT2D eigenvalue weighted by molar-refractivity contribution is 9.10. The van der Waals surface area contributed by atoms with Gasteiger partial charge in [0.1, 0.15) is 5.15 Å². The molecule has 0 spiro atoms. The number of carbonyl (C=O) groups excluding carboxylic acids is 2. The number of hydrogen-bond donors (Lipinski definition) is 0. The molecule has 0 saturated heterocycles. The van der Waals surface area contributed by atoms with Crippen LogP contribution in [-0.4, -0.2) is 23.3 Å². The Morgan fingerprint density at radius 3 is 2.94 bits per heavy atom. The Morgan fingerprint density at radius 2 is 2.29 bits per heavy atom. The molecule has 4 nitrogen and oxygen atoms in total. The molecule has 1 aromatic heterocycles. The van der Waals surface area contributed by atoms with Crippen molar-refractivity contribution in [3.63, 3.8) is 0 Å². The van der Waals surface area contributed by atoms with Crippen molar-refractivity contribution in [2.75, 3.05) is 6.61 Å². The zero-order valence-electron chi connectivity index (χ0n) is 8.94. The quantitative estimate of drug-likeness (QED) is 0.371. The van der Waals surface area contributed by atoms with Gasteiger partial charge in [0.05, 0.1) is 6.61 Å². The van der Waals surface area contributed by atoms with E-state index in [1.807, 2.05) is 0 Å². The van der Waals surface area contributed by atoms with Crippen LogP contribution in [0.3, 0.4) is 0 Å². The Labute approximate surface area is 112 Å². The Morgan fingerprint density at radius 1 is 1.59 bits per heavy atom. The van der Waals surface area contributed by atoms with Gasteiger partial charge in [0, 0.05) is 16.2 Å². The molecule has 0 fully saturated rings. The summed E-state index contributed by atoms with van der Waals surface area (Å²) in [6.45, 7) is 1.79. The molecule has 1 aromatic rings. The Kier molecular flexibility index (Phi) is 5.31. The molecule has 0 aliphatic heterocycles. The maximum absolute atomic E-state index is 11.3. The zero-order chi connectivity index (χ0) is 12.8. The molecule has 0 aromatic carbocycles. The molecular formula is C11H9BrClNO3. The predicted octanol–water partition coefficient (Wildman–Crippen LogP) is 2.64. The van der Waals surface area contributed by atoms with E-state index in [-0.39, 0.29) is 11.8 Å². The first-order valence-corrected chi connectivity index (χ1v) is 5.92. The summed E-state index contributed by atoms with van der Waals surface area (Å²) in [6.07, 6.45) is 4.06. The average molecular weight is 319 g/mol. The van der Waals surface area contributed by atoms with Crippen LogP contribution in [0, 0.1) is 0 Å². The summed E-state index contributed by atoms with van der Waals surface area (Å²) < 4.78 is 5.28. The molecule has 0 bridgehead atoms. The number of hydrogen-bond acceptors (Lipinski definition) is 4. The summed E-state index contributed by atoms with van der Waals surface area (Å²) in [6, 6.07) is 1.68. The van der Waals surface area contributed by atoms with Crippen molar-refractivity contribution in [1.82, 2.24) is 4.98 Å². The standard InChI is InChI=1S/C11H9BrClNO3/c1-2-17-11(16)9(15)4-3-7-5-8(12)6-14-10(7)13/h3-6H,2H2,1H3/b4-3+. The van der Waals surface area contributed by atoms with Gasteiger partial charge in [-0.05, 0) is 41.1 Å². The lowest BCUT2D eigenvalue weighted by Gasteiger charge is -1.98. The summed E-state index contributed by atoms with van der Waals surface area (Å²) in [5, 5.41) is 0.251. The van der Waals surface area contributed by atoms with Crippen LogP contribution >= 0.6 is 27.5 Å². The van der Waals surface area contributed by atoms with Gasteiger partial charge >= 0.3 is 5.97 Å². The average Bonchev–Trinajstić information content (AvgIpc) is 2.30. The van der Waals surface area contributed by atoms with E-state index in [9.17, 15) is 9.59 Å². The minimum atomic E-state index is -0.886. The van der Waals surface area contributed by atoms with Crippen LogP contribution < -0.4 is 0 Å². The Hall–Kier alpha value is -1.20. The molecule has 0 radical (unpaired) electrons. The van der Waals surface area contributed by atoms with Crippen molar-refractivity contribution in [3.8, 4) is 0 Å². The molecule has 0 aliphatic rings. The maximum Gasteiger partial charge on any atom is 0.379 e. The van der Waals surface area contributed by atoms with E-state index in [0.717, 1.165) is 10.5 Å². The normalized spacial score (nSPS) is 10.5. The zero-order valence-corrected chi connectivity index (χ0v) is 11.3. The van der Waals surface area contributed by atoms with Gasteiger partial charge in [-0.1, -0.05) is 11.6 Å². The number of halogens is 2. The van der Waals surface area contributed by atoms with Crippen molar-refractivity contribution in [2.45, 2.75) is 6.92 Å². The summed E-state index contributed by atoms with van der Waals surface area (Å²) in [5.74, 6) is -1.62. The summed E-state index contributed by atoms with van der Waals surface area (Å²) in [4.78, 5) is 26.2. The van der Waals surface area contributed by atoms with Gasteiger partial charge < -0.3 is 4.74 Å². The molecule has 0 N–H and O–H groups in total. The van der Waals surface area contributed by atoms with Crippen LogP contribution in [-0.2, 0) is 14.3 Å². The molecule has 1 heterocycles. The van der Waals surface area contributed by atoms with Crippen molar-refractivity contribution in [3.05, 3.63) is 33.5 Å². The second-order valence-electron chi connectivity index (χ2n) is 2.95. The van der Waals surface area contributed by atoms with Crippen molar-refractivity contribution in [1.29, 1.82) is 0 Å². The molecule has 17 heavy (non-hydrogen) atoms. The summed E-state index contributed by atoms with van der Waals surface area (Å²) in [5.41, 5.74) is 0.540. The van der Waals surface area contributed by atoms with Crippen LogP contribution in [0.2, 0.25) is 5.15 Å². The SMILES string of the molecule is CCOC(=O)C(=O)/C=C/c1cc(Br)cnc1Cl. The fourth-order valence-electron chi connectivity index (χ4n) is 0.991. The minimum absolute atomic E-state index is 0.164. The summed E-state index contributed by atoms with van der Waals surface area (Å²) >= 11 is 9.04. The number of nitrogens with zero attached hydrogens (tertiary/aromatic N) is 1.